The molecule has 1 aliphatic rings. The largest absolute Gasteiger partial charge is 0.341 e. The third kappa shape index (κ3) is 3.76. The molecular formula is C13H23N5O. The maximum atomic E-state index is 12.2. The molecule has 106 valence electrons. The Kier molecular flexibility index (Phi) is 4.90. The van der Waals surface area contributed by atoms with Crippen molar-refractivity contribution in [1.29, 1.82) is 0 Å². The van der Waals surface area contributed by atoms with Crippen LogP contribution >= 0.6 is 0 Å². The summed E-state index contributed by atoms with van der Waals surface area (Å²) in [4.78, 5) is 14.2. The van der Waals surface area contributed by atoms with Gasteiger partial charge in [0.05, 0.1) is 11.9 Å². The van der Waals surface area contributed by atoms with Crippen LogP contribution in [-0.4, -0.2) is 38.9 Å². The highest BCUT2D eigenvalue weighted by Gasteiger charge is 2.20. The highest BCUT2D eigenvalue weighted by molar-refractivity contribution is 5.75. The van der Waals surface area contributed by atoms with Gasteiger partial charge in [-0.3, -0.25) is 4.79 Å². The number of amides is 1. The van der Waals surface area contributed by atoms with E-state index in [1.165, 1.54) is 12.8 Å². The molecule has 1 saturated heterocycles. The van der Waals surface area contributed by atoms with Crippen molar-refractivity contribution in [3.63, 3.8) is 0 Å². The molecule has 2 N–H and O–H groups in total. The van der Waals surface area contributed by atoms with Crippen LogP contribution in [0, 0.1) is 5.92 Å². The van der Waals surface area contributed by atoms with E-state index in [1.807, 2.05) is 4.90 Å². The first-order valence-electron chi connectivity index (χ1n) is 7.09. The highest BCUT2D eigenvalue weighted by atomic mass is 16.2. The van der Waals surface area contributed by atoms with Crippen LogP contribution in [0.1, 0.15) is 38.3 Å². The van der Waals surface area contributed by atoms with Gasteiger partial charge < -0.3 is 10.6 Å². The summed E-state index contributed by atoms with van der Waals surface area (Å²) in [5, 5.41) is 7.81. The van der Waals surface area contributed by atoms with Gasteiger partial charge in [-0.2, -0.15) is 0 Å². The van der Waals surface area contributed by atoms with Crippen LogP contribution in [0.15, 0.2) is 6.20 Å². The van der Waals surface area contributed by atoms with Crippen molar-refractivity contribution >= 4 is 5.91 Å². The Balaban J connectivity index is 1.88. The molecule has 2 rings (SSSR count). The average Bonchev–Trinajstić information content (AvgIpc) is 2.73. The van der Waals surface area contributed by atoms with Gasteiger partial charge in [-0.25, -0.2) is 4.68 Å². The average molecular weight is 265 g/mol. The third-order valence-electron chi connectivity index (χ3n) is 3.87. The molecule has 6 nitrogen and oxygen atoms in total. The van der Waals surface area contributed by atoms with E-state index in [-0.39, 0.29) is 12.5 Å². The Morgan fingerprint density at radius 3 is 3.00 bits per heavy atom. The third-order valence-corrected chi connectivity index (χ3v) is 3.87. The number of likely N-dealkylation sites (tertiary alicyclic amines) is 1. The monoisotopic (exact) mass is 265 g/mol. The van der Waals surface area contributed by atoms with E-state index in [0.717, 1.165) is 37.5 Å². The van der Waals surface area contributed by atoms with Crippen molar-refractivity contribution in [1.82, 2.24) is 19.9 Å². The first-order chi connectivity index (χ1) is 9.22. The van der Waals surface area contributed by atoms with Crippen molar-refractivity contribution in [3.05, 3.63) is 11.9 Å². The van der Waals surface area contributed by atoms with E-state index in [0.29, 0.717) is 6.54 Å². The second-order valence-corrected chi connectivity index (χ2v) is 5.20. The summed E-state index contributed by atoms with van der Waals surface area (Å²) in [6.45, 7) is 4.59. The Labute approximate surface area is 113 Å². The minimum atomic E-state index is 0.130. The topological polar surface area (TPSA) is 77.0 Å². The molecule has 6 heteroatoms. The molecule has 1 aromatic rings. The summed E-state index contributed by atoms with van der Waals surface area (Å²) >= 11 is 0. The minimum absolute atomic E-state index is 0.130. The lowest BCUT2D eigenvalue weighted by molar-refractivity contribution is -0.132. The molecule has 1 fully saturated rings. The minimum Gasteiger partial charge on any atom is -0.341 e. The fourth-order valence-corrected chi connectivity index (χ4v) is 2.57. The van der Waals surface area contributed by atoms with Crippen LogP contribution < -0.4 is 5.73 Å². The van der Waals surface area contributed by atoms with Gasteiger partial charge in [0.25, 0.3) is 0 Å². The van der Waals surface area contributed by atoms with Gasteiger partial charge in [0, 0.05) is 19.6 Å². The molecule has 0 aliphatic carbocycles. The maximum Gasteiger partial charge on any atom is 0.244 e. The number of hydrogen-bond acceptors (Lipinski definition) is 4. The number of carbonyl (C=O) groups is 1. The zero-order chi connectivity index (χ0) is 13.7. The van der Waals surface area contributed by atoms with E-state index in [2.05, 4.69) is 17.2 Å². The summed E-state index contributed by atoms with van der Waals surface area (Å²) in [6, 6.07) is 0. The molecule has 0 radical (unpaired) electrons. The summed E-state index contributed by atoms with van der Waals surface area (Å²) in [5.74, 6) is 0.901. The molecule has 1 atom stereocenters. The summed E-state index contributed by atoms with van der Waals surface area (Å²) in [5.41, 5.74) is 6.19. The molecule has 0 saturated carbocycles. The van der Waals surface area contributed by atoms with Gasteiger partial charge in [-0.1, -0.05) is 18.6 Å². The number of aromatic nitrogens is 3. The van der Waals surface area contributed by atoms with Crippen LogP contribution in [0.3, 0.4) is 0 Å². The van der Waals surface area contributed by atoms with Crippen molar-refractivity contribution in [2.24, 2.45) is 11.7 Å². The first-order valence-corrected chi connectivity index (χ1v) is 7.09. The lowest BCUT2D eigenvalue weighted by Crippen LogP contribution is -2.34. The number of nitrogens with zero attached hydrogens (tertiary/aromatic N) is 4. The van der Waals surface area contributed by atoms with E-state index in [9.17, 15) is 4.79 Å². The van der Waals surface area contributed by atoms with Gasteiger partial charge in [0.1, 0.15) is 6.54 Å². The molecule has 19 heavy (non-hydrogen) atoms. The normalized spacial score (nSPS) is 20.3. The van der Waals surface area contributed by atoms with Gasteiger partial charge in [-0.05, 0) is 25.2 Å². The molecule has 1 amide bonds. The molecule has 1 unspecified atom stereocenters. The van der Waals surface area contributed by atoms with Crippen LogP contribution in [0.5, 0.6) is 0 Å². The van der Waals surface area contributed by atoms with Crippen LogP contribution in [0.2, 0.25) is 0 Å². The maximum absolute atomic E-state index is 12.2. The Hall–Kier alpha value is -1.43. The smallest absolute Gasteiger partial charge is 0.244 e. The molecule has 1 aliphatic heterocycles. The van der Waals surface area contributed by atoms with Gasteiger partial charge >= 0.3 is 0 Å². The first kappa shape index (κ1) is 14.0. The van der Waals surface area contributed by atoms with Gasteiger partial charge in [0.15, 0.2) is 0 Å². The molecule has 0 aromatic carbocycles. The second-order valence-electron chi connectivity index (χ2n) is 5.20. The fourth-order valence-electron chi connectivity index (χ4n) is 2.57. The Morgan fingerprint density at radius 2 is 2.32 bits per heavy atom. The zero-order valence-electron chi connectivity index (χ0n) is 11.6. The van der Waals surface area contributed by atoms with E-state index >= 15 is 0 Å². The number of hydrogen-bond donors (Lipinski definition) is 1. The predicted molar refractivity (Wildman–Crippen MR) is 72.1 cm³/mol. The number of rotatable bonds is 4. The number of carbonyl (C=O) groups excluding carboxylic acids is 1. The molecule has 0 bridgehead atoms. The second kappa shape index (κ2) is 6.65. The van der Waals surface area contributed by atoms with E-state index < -0.39 is 0 Å². The van der Waals surface area contributed by atoms with Crippen LogP contribution in [0.25, 0.3) is 0 Å². The van der Waals surface area contributed by atoms with Crippen LogP contribution in [-0.2, 0) is 17.9 Å². The lowest BCUT2D eigenvalue weighted by atomic mass is 9.98. The summed E-state index contributed by atoms with van der Waals surface area (Å²) in [7, 11) is 0. The van der Waals surface area contributed by atoms with Gasteiger partial charge in [-0.15, -0.1) is 5.10 Å². The number of nitrogens with two attached hydrogens (primary N) is 1. The molecule has 2 heterocycles. The highest BCUT2D eigenvalue weighted by Crippen LogP contribution is 2.20. The SMILES string of the molecule is CCC1CCCN(C(=O)Cn2cc(CN)nn2)CC1. The Bertz CT molecular complexity index is 417. The van der Waals surface area contributed by atoms with E-state index in [4.69, 9.17) is 5.73 Å². The quantitative estimate of drug-likeness (QED) is 0.872. The van der Waals surface area contributed by atoms with Crippen molar-refractivity contribution in [2.45, 2.75) is 45.7 Å². The van der Waals surface area contributed by atoms with Crippen molar-refractivity contribution in [2.75, 3.05) is 13.1 Å². The van der Waals surface area contributed by atoms with Crippen molar-refractivity contribution in [3.8, 4) is 0 Å². The van der Waals surface area contributed by atoms with Gasteiger partial charge in [0.2, 0.25) is 5.91 Å². The zero-order valence-corrected chi connectivity index (χ0v) is 11.6. The van der Waals surface area contributed by atoms with Crippen molar-refractivity contribution < 1.29 is 4.79 Å². The summed E-state index contributed by atoms with van der Waals surface area (Å²) < 4.78 is 1.58. The molecule has 0 spiro atoms. The standard InChI is InChI=1S/C13H23N5O/c1-2-11-4-3-6-17(7-5-11)13(19)10-18-9-12(8-14)15-16-18/h9,11H,2-8,10,14H2,1H3. The molecule has 1 aromatic heterocycles. The lowest BCUT2D eigenvalue weighted by Gasteiger charge is -2.20. The summed E-state index contributed by atoms with van der Waals surface area (Å²) in [6.07, 6.45) is 6.42. The molecular weight excluding hydrogens is 242 g/mol. The van der Waals surface area contributed by atoms with E-state index in [1.54, 1.807) is 10.9 Å². The van der Waals surface area contributed by atoms with Crippen LogP contribution in [0.4, 0.5) is 0 Å². The predicted octanol–water partition coefficient (Wildman–Crippen LogP) is 0.776. The Morgan fingerprint density at radius 1 is 1.47 bits per heavy atom. The fraction of sp³-hybridized carbons (Fsp3) is 0.769.